The molecule has 18 heteroatoms. The summed E-state index contributed by atoms with van der Waals surface area (Å²) in [7, 11) is 0. The van der Waals surface area contributed by atoms with Crippen molar-refractivity contribution in [3.63, 3.8) is 0 Å². The number of aromatic nitrogens is 4. The number of nitrogens with zero attached hydrogens (tertiary/aromatic N) is 5. The van der Waals surface area contributed by atoms with Crippen LogP contribution in [0.5, 0.6) is 0 Å². The van der Waals surface area contributed by atoms with Crippen LogP contribution in [0, 0.1) is 0 Å². The number of carbonyl (C=O) groups excluding carboxylic acids is 3. The largest absolute Gasteiger partial charge is 0.480 e. The van der Waals surface area contributed by atoms with Crippen molar-refractivity contribution in [1.82, 2.24) is 40.5 Å². The van der Waals surface area contributed by atoms with Crippen molar-refractivity contribution in [3.8, 4) is 0 Å². The van der Waals surface area contributed by atoms with E-state index in [9.17, 15) is 37.5 Å². The number of aliphatic carboxylic acids is 1. The number of amides is 3. The summed E-state index contributed by atoms with van der Waals surface area (Å²) in [6, 6.07) is 0. The van der Waals surface area contributed by atoms with E-state index in [2.05, 4.69) is 31.1 Å². The van der Waals surface area contributed by atoms with Crippen molar-refractivity contribution in [3.05, 3.63) is 12.7 Å². The van der Waals surface area contributed by atoms with Crippen molar-refractivity contribution in [1.29, 1.82) is 0 Å². The van der Waals surface area contributed by atoms with Crippen LogP contribution in [0.4, 0.5) is 23.8 Å². The number of hydrogen-bond acceptors (Lipinski definition) is 10. The SMILES string of the molecule is CC(C)(C)OC(=O)NCCN(CC(=O)O)C(=O)Cn1cnc2c(NNCCCCCCNC(=O)C(F)(F)F)ncnc21. The number of halogens is 3. The number of carboxylic acid groups (broad SMARTS) is 1. The Morgan fingerprint density at radius 2 is 1.67 bits per heavy atom. The van der Waals surface area contributed by atoms with Crippen molar-refractivity contribution in [2.75, 3.05) is 38.1 Å². The number of alkyl carbamates (subject to hydrolysis) is 1. The Kier molecular flexibility index (Phi) is 12.7. The quantitative estimate of drug-likeness (QED) is 0.138. The van der Waals surface area contributed by atoms with Gasteiger partial charge in [-0.15, -0.1) is 0 Å². The predicted molar refractivity (Wildman–Crippen MR) is 143 cm³/mol. The maximum atomic E-state index is 12.9. The summed E-state index contributed by atoms with van der Waals surface area (Å²) in [5.41, 5.74) is 5.85. The number of imidazole rings is 1. The normalized spacial score (nSPS) is 11.7. The van der Waals surface area contributed by atoms with E-state index < -0.39 is 42.2 Å². The van der Waals surface area contributed by atoms with Gasteiger partial charge in [-0.05, 0) is 33.6 Å². The number of nitrogens with one attached hydrogen (secondary N) is 4. The van der Waals surface area contributed by atoms with Gasteiger partial charge in [0.2, 0.25) is 5.91 Å². The molecular weight excluding hydrogens is 567 g/mol. The Hall–Kier alpha value is -4.22. The van der Waals surface area contributed by atoms with E-state index in [-0.39, 0.29) is 26.2 Å². The number of hydrazine groups is 1. The van der Waals surface area contributed by atoms with Crippen LogP contribution in [0.2, 0.25) is 0 Å². The molecule has 0 aliphatic carbocycles. The molecule has 0 spiro atoms. The van der Waals surface area contributed by atoms with Crippen LogP contribution >= 0.6 is 0 Å². The molecule has 2 heterocycles. The highest BCUT2D eigenvalue weighted by molar-refractivity contribution is 5.85. The molecule has 42 heavy (non-hydrogen) atoms. The third-order valence-electron chi connectivity index (χ3n) is 5.41. The standard InChI is InChI=1S/C24H36F3N9O6/c1-23(2,3)42-22(41)29-10-11-35(13-17(38)39)16(37)12-36-15-32-18-19(30-14-31-20(18)36)34-33-9-7-5-4-6-8-28-21(40)24(25,26)27/h14-15,33H,4-13H2,1-3H3,(H,28,40)(H,29,41)(H,38,39)(H,30,31,34). The monoisotopic (exact) mass is 603 g/mol. The summed E-state index contributed by atoms with van der Waals surface area (Å²) < 4.78 is 43.0. The van der Waals surface area contributed by atoms with E-state index in [1.807, 2.05) is 5.32 Å². The van der Waals surface area contributed by atoms with Gasteiger partial charge in [0.25, 0.3) is 0 Å². The molecule has 0 bridgehead atoms. The van der Waals surface area contributed by atoms with Crippen LogP contribution in [-0.4, -0.2) is 97.9 Å². The molecule has 2 rings (SSSR count). The lowest BCUT2D eigenvalue weighted by atomic mass is 10.2. The van der Waals surface area contributed by atoms with Gasteiger partial charge in [0.1, 0.15) is 25.0 Å². The first-order chi connectivity index (χ1) is 19.7. The molecule has 234 valence electrons. The molecule has 0 aliphatic rings. The zero-order valence-electron chi connectivity index (χ0n) is 23.6. The molecule has 15 nitrogen and oxygen atoms in total. The minimum Gasteiger partial charge on any atom is -0.480 e. The second kappa shape index (κ2) is 15.7. The number of fused-ring (bicyclic) bond motifs is 1. The van der Waals surface area contributed by atoms with E-state index in [4.69, 9.17) is 4.74 Å². The molecule has 3 amide bonds. The predicted octanol–water partition coefficient (Wildman–Crippen LogP) is 1.42. The van der Waals surface area contributed by atoms with Crippen molar-refractivity contribution < 1.29 is 42.2 Å². The summed E-state index contributed by atoms with van der Waals surface area (Å²) in [4.78, 5) is 60.5. The first-order valence-corrected chi connectivity index (χ1v) is 13.1. The van der Waals surface area contributed by atoms with Gasteiger partial charge < -0.3 is 35.4 Å². The fourth-order valence-electron chi connectivity index (χ4n) is 3.54. The van der Waals surface area contributed by atoms with Crippen molar-refractivity contribution >= 4 is 40.9 Å². The average molecular weight is 604 g/mol. The van der Waals surface area contributed by atoms with Gasteiger partial charge in [0.05, 0.1) is 6.33 Å². The van der Waals surface area contributed by atoms with Crippen molar-refractivity contribution in [2.45, 2.75) is 64.8 Å². The third kappa shape index (κ3) is 12.1. The van der Waals surface area contributed by atoms with Crippen LogP contribution in [0.1, 0.15) is 46.5 Å². The minimum absolute atomic E-state index is 0.0187. The van der Waals surface area contributed by atoms with Gasteiger partial charge >= 0.3 is 24.1 Å². The Morgan fingerprint density at radius 1 is 0.976 bits per heavy atom. The lowest BCUT2D eigenvalue weighted by Gasteiger charge is -2.23. The van der Waals surface area contributed by atoms with E-state index in [1.165, 1.54) is 17.2 Å². The second-order valence-electron chi connectivity index (χ2n) is 10.1. The highest BCUT2D eigenvalue weighted by Crippen LogP contribution is 2.17. The van der Waals surface area contributed by atoms with Crippen molar-refractivity contribution in [2.24, 2.45) is 0 Å². The average Bonchev–Trinajstić information content (AvgIpc) is 3.28. The number of carbonyl (C=O) groups is 4. The van der Waals surface area contributed by atoms with Gasteiger partial charge in [-0.3, -0.25) is 14.4 Å². The number of anilines is 1. The van der Waals surface area contributed by atoms with E-state index in [1.54, 1.807) is 20.8 Å². The number of hydrogen-bond donors (Lipinski definition) is 5. The number of unbranched alkanes of at least 4 members (excludes halogenated alkanes) is 3. The Morgan fingerprint density at radius 3 is 2.31 bits per heavy atom. The lowest BCUT2D eigenvalue weighted by molar-refractivity contribution is -0.173. The molecule has 5 N–H and O–H groups in total. The molecule has 2 aromatic heterocycles. The Labute approximate surface area is 239 Å². The zero-order chi connectivity index (χ0) is 31.3. The van der Waals surface area contributed by atoms with Crippen LogP contribution in [0.3, 0.4) is 0 Å². The maximum absolute atomic E-state index is 12.9. The molecule has 0 radical (unpaired) electrons. The van der Waals surface area contributed by atoms with Crippen LogP contribution in [-0.2, 0) is 25.7 Å². The summed E-state index contributed by atoms with van der Waals surface area (Å²) in [5, 5.41) is 13.6. The zero-order valence-corrected chi connectivity index (χ0v) is 23.6. The second-order valence-corrected chi connectivity index (χ2v) is 10.1. The fraction of sp³-hybridized carbons (Fsp3) is 0.625. The molecule has 2 aromatic rings. The smallest absolute Gasteiger partial charge is 0.471 e. The molecular formula is C24H36F3N9O6. The van der Waals surface area contributed by atoms with Gasteiger partial charge in [-0.1, -0.05) is 12.8 Å². The van der Waals surface area contributed by atoms with Gasteiger partial charge in [0, 0.05) is 26.2 Å². The fourth-order valence-corrected chi connectivity index (χ4v) is 3.54. The molecule has 0 aromatic carbocycles. The van der Waals surface area contributed by atoms with E-state index >= 15 is 0 Å². The number of ether oxygens (including phenoxy) is 1. The van der Waals surface area contributed by atoms with Crippen LogP contribution < -0.4 is 21.5 Å². The molecule has 0 saturated carbocycles. The topological polar surface area (TPSA) is 193 Å². The number of rotatable bonds is 16. The molecule has 0 unspecified atom stereocenters. The van der Waals surface area contributed by atoms with Gasteiger partial charge in [-0.25, -0.2) is 25.2 Å². The summed E-state index contributed by atoms with van der Waals surface area (Å²) in [6.45, 7) is 4.63. The van der Waals surface area contributed by atoms with E-state index in [0.29, 0.717) is 49.2 Å². The maximum Gasteiger partial charge on any atom is 0.471 e. The van der Waals surface area contributed by atoms with Gasteiger partial charge in [-0.2, -0.15) is 13.2 Å². The molecule has 0 saturated heterocycles. The summed E-state index contributed by atoms with van der Waals surface area (Å²) >= 11 is 0. The molecule has 0 atom stereocenters. The van der Waals surface area contributed by atoms with Crippen LogP contribution in [0.25, 0.3) is 11.2 Å². The van der Waals surface area contributed by atoms with Crippen LogP contribution in [0.15, 0.2) is 12.7 Å². The Bertz CT molecular complexity index is 1220. The van der Waals surface area contributed by atoms with E-state index in [0.717, 1.165) is 4.90 Å². The molecule has 0 aliphatic heterocycles. The summed E-state index contributed by atoms with van der Waals surface area (Å²) in [6.07, 6.45) is -0.468. The first kappa shape index (κ1) is 34.0. The first-order valence-electron chi connectivity index (χ1n) is 13.1. The Balaban J connectivity index is 1.83. The number of carboxylic acids is 1. The molecule has 0 fully saturated rings. The van der Waals surface area contributed by atoms with Gasteiger partial charge in [0.15, 0.2) is 17.0 Å². The number of alkyl halides is 3. The lowest BCUT2D eigenvalue weighted by Crippen LogP contribution is -2.43. The third-order valence-corrected chi connectivity index (χ3v) is 5.41. The highest BCUT2D eigenvalue weighted by atomic mass is 19.4. The summed E-state index contributed by atoms with van der Waals surface area (Å²) in [5.74, 6) is -3.36. The highest BCUT2D eigenvalue weighted by Gasteiger charge is 2.38. The minimum atomic E-state index is -4.88.